The van der Waals surface area contributed by atoms with Gasteiger partial charge in [0.15, 0.2) is 0 Å². The standard InChI is InChI=1S/C36H44N4O8S/c1-17-13-18(2)31(19(3)14-17)48-36(47)30-22(6)28(16-27-20(4)21(5)32(38-27)37-23(7)41)39-33(30)40-29(42)9-8-12-49-24-10-11-25(34(43)44)26(15-24)35(45)46/h10-11,15-19,31,38H,8-9,12-14H2,1-7H3,(H,37,41)(H,43,44)(H,45,46)(H,39,40,42)/b28-16-. The number of thioether (sulfide) groups is 1. The van der Waals surface area contributed by atoms with Gasteiger partial charge in [-0.1, -0.05) is 20.8 Å². The number of H-pyrrole nitrogens is 1. The van der Waals surface area contributed by atoms with Gasteiger partial charge in [0.2, 0.25) is 11.8 Å². The smallest absolute Gasteiger partial charge is 0.342 e. The van der Waals surface area contributed by atoms with Crippen LogP contribution in [-0.2, 0) is 19.1 Å². The zero-order chi connectivity index (χ0) is 36.2. The number of nitrogens with one attached hydrogen (secondary N) is 3. The summed E-state index contributed by atoms with van der Waals surface area (Å²) in [7, 11) is 0. The molecule has 262 valence electrons. The van der Waals surface area contributed by atoms with Crippen LogP contribution in [0, 0.1) is 31.6 Å². The number of amides is 2. The van der Waals surface area contributed by atoms with Gasteiger partial charge in [0.25, 0.3) is 0 Å². The van der Waals surface area contributed by atoms with Gasteiger partial charge in [0.05, 0.1) is 16.8 Å². The van der Waals surface area contributed by atoms with Gasteiger partial charge in [-0.15, -0.1) is 11.8 Å². The molecule has 1 aliphatic heterocycles. The molecule has 12 nitrogen and oxygen atoms in total. The van der Waals surface area contributed by atoms with E-state index in [2.05, 4.69) is 41.4 Å². The zero-order valence-electron chi connectivity index (χ0n) is 28.9. The Balaban J connectivity index is 1.52. The Hall–Kier alpha value is -4.65. The van der Waals surface area contributed by atoms with Crippen LogP contribution in [0.3, 0.4) is 0 Å². The predicted octanol–water partition coefficient (Wildman–Crippen LogP) is 6.36. The minimum atomic E-state index is -1.33. The molecule has 0 bridgehead atoms. The average Bonchev–Trinajstić information content (AvgIpc) is 3.45. The quantitative estimate of drug-likeness (QED) is 0.101. The number of hydrogen-bond donors (Lipinski definition) is 5. The largest absolute Gasteiger partial charge is 0.478 e. The summed E-state index contributed by atoms with van der Waals surface area (Å²) in [6.45, 7) is 13.4. The number of rotatable bonds is 11. The van der Waals surface area contributed by atoms with Gasteiger partial charge in [-0.2, -0.15) is 0 Å². The van der Waals surface area contributed by atoms with Crippen LogP contribution in [0.5, 0.6) is 0 Å². The Bertz CT molecular complexity index is 1760. The summed E-state index contributed by atoms with van der Waals surface area (Å²) in [6, 6.07) is 4.10. The van der Waals surface area contributed by atoms with Crippen molar-refractivity contribution in [2.24, 2.45) is 22.7 Å². The molecule has 2 atom stereocenters. The number of hydrogen-bond acceptors (Lipinski definition) is 8. The second-order valence-electron chi connectivity index (χ2n) is 13.1. The number of ether oxygens (including phenoxy) is 1. The summed E-state index contributed by atoms with van der Waals surface area (Å²) in [6.07, 6.45) is 3.91. The van der Waals surface area contributed by atoms with Crippen molar-refractivity contribution in [3.63, 3.8) is 0 Å². The Morgan fingerprint density at radius 1 is 0.980 bits per heavy atom. The summed E-state index contributed by atoms with van der Waals surface area (Å²) in [5, 5.41) is 24.2. The number of aromatic carboxylic acids is 2. The maximum Gasteiger partial charge on any atom is 0.342 e. The lowest BCUT2D eigenvalue weighted by Gasteiger charge is -2.37. The number of amidine groups is 1. The first-order valence-corrected chi connectivity index (χ1v) is 17.3. The number of benzene rings is 1. The van der Waals surface area contributed by atoms with Crippen molar-refractivity contribution >= 4 is 59.2 Å². The maximum absolute atomic E-state index is 13.8. The Morgan fingerprint density at radius 3 is 2.24 bits per heavy atom. The van der Waals surface area contributed by atoms with Crippen molar-refractivity contribution in [1.29, 1.82) is 0 Å². The number of allylic oxidation sites excluding steroid dienone is 1. The Morgan fingerprint density at radius 2 is 1.63 bits per heavy atom. The van der Waals surface area contributed by atoms with Crippen LogP contribution in [0.25, 0.3) is 6.08 Å². The minimum Gasteiger partial charge on any atom is -0.478 e. The topological polar surface area (TPSA) is 187 Å². The van der Waals surface area contributed by atoms with Crippen LogP contribution in [0.2, 0.25) is 0 Å². The van der Waals surface area contributed by atoms with Crippen molar-refractivity contribution in [1.82, 2.24) is 10.3 Å². The molecule has 1 saturated carbocycles. The molecule has 49 heavy (non-hydrogen) atoms. The van der Waals surface area contributed by atoms with Crippen molar-refractivity contribution in [3.8, 4) is 0 Å². The van der Waals surface area contributed by atoms with Crippen molar-refractivity contribution < 1.29 is 38.9 Å². The fraction of sp³-hybridized carbons (Fsp3) is 0.444. The molecule has 0 radical (unpaired) electrons. The fourth-order valence-electron chi connectivity index (χ4n) is 6.54. The van der Waals surface area contributed by atoms with Crippen LogP contribution in [0.4, 0.5) is 5.82 Å². The van der Waals surface area contributed by atoms with Crippen molar-refractivity contribution in [2.75, 3.05) is 11.1 Å². The highest BCUT2D eigenvalue weighted by Crippen LogP contribution is 2.37. The number of carboxylic acid groups (broad SMARTS) is 2. The molecule has 1 aromatic carbocycles. The second-order valence-corrected chi connectivity index (χ2v) is 14.2. The molecule has 0 saturated heterocycles. The van der Waals surface area contributed by atoms with Gasteiger partial charge in [0.1, 0.15) is 23.3 Å². The lowest BCUT2D eigenvalue weighted by atomic mass is 9.75. The molecule has 1 fully saturated rings. The highest BCUT2D eigenvalue weighted by atomic mass is 32.2. The first-order valence-electron chi connectivity index (χ1n) is 16.3. The third-order valence-corrected chi connectivity index (χ3v) is 10.1. The molecule has 2 aromatic rings. The number of esters is 1. The van der Waals surface area contributed by atoms with Gasteiger partial charge in [0, 0.05) is 23.9 Å². The number of anilines is 1. The van der Waals surface area contributed by atoms with Crippen LogP contribution >= 0.6 is 11.8 Å². The van der Waals surface area contributed by atoms with E-state index in [1.54, 1.807) is 13.0 Å². The van der Waals surface area contributed by atoms with E-state index in [4.69, 9.17) is 4.74 Å². The molecule has 2 aliphatic rings. The highest BCUT2D eigenvalue weighted by Gasteiger charge is 2.37. The van der Waals surface area contributed by atoms with E-state index in [1.165, 1.54) is 36.9 Å². The molecule has 2 amide bonds. The molecule has 1 aromatic heterocycles. The molecule has 2 heterocycles. The second kappa shape index (κ2) is 15.7. The molecular weight excluding hydrogens is 648 g/mol. The summed E-state index contributed by atoms with van der Waals surface area (Å²) < 4.78 is 6.12. The van der Waals surface area contributed by atoms with Gasteiger partial charge in [-0.25, -0.2) is 19.4 Å². The number of carboxylic acids is 2. The molecule has 1 aliphatic carbocycles. The molecule has 13 heteroatoms. The minimum absolute atomic E-state index is 0.0923. The van der Waals surface area contributed by atoms with Crippen LogP contribution in [0.1, 0.15) is 97.8 Å². The van der Waals surface area contributed by atoms with E-state index >= 15 is 0 Å². The normalized spacial score (nSPS) is 21.4. The van der Waals surface area contributed by atoms with Gasteiger partial charge in [-0.05, 0) is 105 Å². The first kappa shape index (κ1) is 37.2. The van der Waals surface area contributed by atoms with E-state index in [-0.39, 0.29) is 58.7 Å². The fourth-order valence-corrected chi connectivity index (χ4v) is 7.43. The monoisotopic (exact) mass is 692 g/mol. The average molecular weight is 693 g/mol. The molecular formula is C36H44N4O8S. The van der Waals surface area contributed by atoms with Crippen molar-refractivity contribution in [3.05, 3.63) is 63.0 Å². The summed E-state index contributed by atoms with van der Waals surface area (Å²) in [4.78, 5) is 70.0. The lowest BCUT2D eigenvalue weighted by Crippen LogP contribution is -2.40. The van der Waals surface area contributed by atoms with Crippen LogP contribution < -0.4 is 10.6 Å². The Kier molecular flexibility index (Phi) is 11.9. The Labute approximate surface area is 289 Å². The third-order valence-electron chi connectivity index (χ3n) is 9.06. The summed E-state index contributed by atoms with van der Waals surface area (Å²) in [5.41, 5.74) is 3.06. The molecule has 2 unspecified atom stereocenters. The summed E-state index contributed by atoms with van der Waals surface area (Å²) >= 11 is 1.30. The van der Waals surface area contributed by atoms with E-state index in [0.29, 0.717) is 45.8 Å². The molecule has 0 spiro atoms. The third kappa shape index (κ3) is 8.88. The van der Waals surface area contributed by atoms with E-state index in [9.17, 15) is 34.2 Å². The number of nitrogens with zero attached hydrogens (tertiary/aromatic N) is 1. The van der Waals surface area contributed by atoms with Gasteiger partial charge < -0.3 is 30.6 Å². The predicted molar refractivity (Wildman–Crippen MR) is 188 cm³/mol. The number of aromatic nitrogens is 1. The molecule has 4 rings (SSSR count). The maximum atomic E-state index is 13.8. The number of carbonyl (C=O) groups is 5. The van der Waals surface area contributed by atoms with Crippen molar-refractivity contribution in [2.45, 2.75) is 85.1 Å². The van der Waals surface area contributed by atoms with Crippen LogP contribution in [0.15, 0.2) is 44.9 Å². The first-order chi connectivity index (χ1) is 23.1. The van der Waals surface area contributed by atoms with E-state index in [1.807, 2.05) is 13.8 Å². The van der Waals surface area contributed by atoms with E-state index in [0.717, 1.165) is 24.0 Å². The van der Waals surface area contributed by atoms with Crippen LogP contribution in [-0.4, -0.2) is 62.6 Å². The highest BCUT2D eigenvalue weighted by molar-refractivity contribution is 7.99. The number of aromatic amines is 1. The lowest BCUT2D eigenvalue weighted by molar-refractivity contribution is -0.152. The number of carbonyl (C=O) groups excluding carboxylic acids is 3. The number of aliphatic imine (C=N–C) groups is 1. The van der Waals surface area contributed by atoms with E-state index < -0.39 is 17.9 Å². The van der Waals surface area contributed by atoms with Gasteiger partial charge >= 0.3 is 17.9 Å². The van der Waals surface area contributed by atoms with Gasteiger partial charge in [-0.3, -0.25) is 9.59 Å². The molecule has 5 N–H and O–H groups in total. The summed E-state index contributed by atoms with van der Waals surface area (Å²) in [5.74, 6) is -1.76. The SMILES string of the molecule is CC(=O)Nc1[nH]c(/C=C2\N=C(NC(=O)CCCSc3ccc(C(=O)O)c(C(=O)O)c3)C(C(=O)OC3C(C)CC(C)CC3C)=C2C)c(C)c1C. The zero-order valence-corrected chi connectivity index (χ0v) is 29.7.